The van der Waals surface area contributed by atoms with E-state index in [-0.39, 0.29) is 0 Å². The van der Waals surface area contributed by atoms with Gasteiger partial charge < -0.3 is 10.2 Å². The van der Waals surface area contributed by atoms with Crippen molar-refractivity contribution in [3.63, 3.8) is 0 Å². The van der Waals surface area contributed by atoms with Gasteiger partial charge in [0.05, 0.1) is 6.54 Å². The summed E-state index contributed by atoms with van der Waals surface area (Å²) in [4.78, 5) is 2.14. The minimum atomic E-state index is -0.894. The van der Waals surface area contributed by atoms with Crippen LogP contribution in [0.15, 0.2) is 48.5 Å². The Labute approximate surface area is 125 Å². The molecule has 3 heteroatoms. The van der Waals surface area contributed by atoms with Gasteiger partial charge >= 0.3 is 0 Å². The van der Waals surface area contributed by atoms with Crippen LogP contribution in [0.4, 0.5) is 15.8 Å². The number of alkyl halides is 1. The molecule has 2 aromatic rings. The Morgan fingerprint density at radius 1 is 1.00 bits per heavy atom. The minimum absolute atomic E-state index is 0.376. The summed E-state index contributed by atoms with van der Waals surface area (Å²) in [6.07, 6.45) is 1.12. The van der Waals surface area contributed by atoms with Gasteiger partial charge in [-0.25, -0.2) is 4.39 Å². The predicted octanol–water partition coefficient (Wildman–Crippen LogP) is 3.48. The molecule has 0 spiro atoms. The van der Waals surface area contributed by atoms with E-state index in [0.29, 0.717) is 13.1 Å². The molecule has 3 rings (SSSR count). The SMILES string of the molecule is CNCC(F)CN1c2ccccc2CCc2ccccc21. The third-order valence-electron chi connectivity index (χ3n) is 4.03. The van der Waals surface area contributed by atoms with Crippen LogP contribution in [-0.4, -0.2) is 26.3 Å². The van der Waals surface area contributed by atoms with E-state index in [1.165, 1.54) is 11.1 Å². The maximum Gasteiger partial charge on any atom is 0.130 e. The number of fused-ring (bicyclic) bond motifs is 2. The molecular formula is C18H21FN2. The highest BCUT2D eigenvalue weighted by atomic mass is 19.1. The molecule has 2 aromatic carbocycles. The van der Waals surface area contributed by atoms with Gasteiger partial charge in [-0.2, -0.15) is 0 Å². The minimum Gasteiger partial charge on any atom is -0.338 e. The molecule has 0 fully saturated rings. The van der Waals surface area contributed by atoms with Crippen molar-refractivity contribution in [3.05, 3.63) is 59.7 Å². The number of rotatable bonds is 4. The Kier molecular flexibility index (Phi) is 4.20. The van der Waals surface area contributed by atoms with Crippen molar-refractivity contribution in [2.45, 2.75) is 19.0 Å². The highest BCUT2D eigenvalue weighted by Gasteiger charge is 2.22. The topological polar surface area (TPSA) is 15.3 Å². The van der Waals surface area contributed by atoms with Crippen LogP contribution in [-0.2, 0) is 12.8 Å². The van der Waals surface area contributed by atoms with Crippen molar-refractivity contribution < 1.29 is 4.39 Å². The van der Waals surface area contributed by atoms with Crippen molar-refractivity contribution in [3.8, 4) is 0 Å². The van der Waals surface area contributed by atoms with Crippen LogP contribution in [0.1, 0.15) is 11.1 Å². The molecule has 0 bridgehead atoms. The van der Waals surface area contributed by atoms with Crippen LogP contribution in [0, 0.1) is 0 Å². The number of hydrogen-bond donors (Lipinski definition) is 1. The average molecular weight is 284 g/mol. The molecular weight excluding hydrogens is 263 g/mol. The number of halogens is 1. The van der Waals surface area contributed by atoms with E-state index in [1.54, 1.807) is 7.05 Å². The molecule has 0 radical (unpaired) electrons. The van der Waals surface area contributed by atoms with Crippen molar-refractivity contribution in [1.82, 2.24) is 5.32 Å². The first-order valence-electron chi connectivity index (χ1n) is 7.51. The Morgan fingerprint density at radius 3 is 2.05 bits per heavy atom. The van der Waals surface area contributed by atoms with Gasteiger partial charge in [0.25, 0.3) is 0 Å². The summed E-state index contributed by atoms with van der Waals surface area (Å²) < 4.78 is 14.2. The van der Waals surface area contributed by atoms with Crippen LogP contribution >= 0.6 is 0 Å². The second kappa shape index (κ2) is 6.27. The predicted molar refractivity (Wildman–Crippen MR) is 86.1 cm³/mol. The molecule has 1 heterocycles. The zero-order valence-corrected chi connectivity index (χ0v) is 12.3. The van der Waals surface area contributed by atoms with Gasteiger partial charge in [0.2, 0.25) is 0 Å². The molecule has 0 aromatic heterocycles. The van der Waals surface area contributed by atoms with Gasteiger partial charge in [-0.1, -0.05) is 36.4 Å². The fourth-order valence-electron chi connectivity index (χ4n) is 3.05. The van der Waals surface area contributed by atoms with Gasteiger partial charge in [-0.05, 0) is 43.1 Å². The first kappa shape index (κ1) is 14.1. The number of nitrogens with zero attached hydrogens (tertiary/aromatic N) is 1. The summed E-state index contributed by atoms with van der Waals surface area (Å²) in [5, 5.41) is 2.92. The average Bonchev–Trinajstić information content (AvgIpc) is 2.66. The molecule has 110 valence electrons. The first-order chi connectivity index (χ1) is 10.3. The number of hydrogen-bond acceptors (Lipinski definition) is 2. The van der Waals surface area contributed by atoms with E-state index in [4.69, 9.17) is 0 Å². The summed E-state index contributed by atoms with van der Waals surface area (Å²) in [5.41, 5.74) is 4.87. The highest BCUT2D eigenvalue weighted by Crippen LogP contribution is 2.35. The molecule has 1 unspecified atom stereocenters. The molecule has 1 aliphatic heterocycles. The van der Waals surface area contributed by atoms with Crippen LogP contribution in [0.2, 0.25) is 0 Å². The van der Waals surface area contributed by atoms with Crippen molar-refractivity contribution >= 4 is 11.4 Å². The number of benzene rings is 2. The second-order valence-corrected chi connectivity index (χ2v) is 5.52. The molecule has 0 aliphatic carbocycles. The van der Waals surface area contributed by atoms with Crippen molar-refractivity contribution in [2.24, 2.45) is 0 Å². The molecule has 21 heavy (non-hydrogen) atoms. The Hall–Kier alpha value is -1.87. The molecule has 0 amide bonds. The zero-order valence-electron chi connectivity index (χ0n) is 12.3. The lowest BCUT2D eigenvalue weighted by atomic mass is 10.0. The van der Waals surface area contributed by atoms with Gasteiger partial charge in [0.1, 0.15) is 6.17 Å². The Morgan fingerprint density at radius 2 is 1.52 bits per heavy atom. The van der Waals surface area contributed by atoms with Crippen molar-refractivity contribution in [1.29, 1.82) is 0 Å². The largest absolute Gasteiger partial charge is 0.338 e. The maximum atomic E-state index is 14.2. The standard InChI is InChI=1S/C18H21FN2/c1-20-12-16(19)13-21-17-8-4-2-6-14(17)10-11-15-7-3-5-9-18(15)21/h2-9,16,20H,10-13H2,1H3. The summed E-state index contributed by atoms with van der Waals surface area (Å²) in [6.45, 7) is 0.760. The normalized spacial score (nSPS) is 15.0. The van der Waals surface area contributed by atoms with Gasteiger partial charge in [0.15, 0.2) is 0 Å². The van der Waals surface area contributed by atoms with E-state index >= 15 is 0 Å². The Bertz CT molecular complexity index is 564. The summed E-state index contributed by atoms with van der Waals surface area (Å²) in [6, 6.07) is 16.7. The van der Waals surface area contributed by atoms with Crippen LogP contribution < -0.4 is 10.2 Å². The molecule has 0 saturated carbocycles. The zero-order chi connectivity index (χ0) is 14.7. The summed E-state index contributed by atoms with van der Waals surface area (Å²) in [7, 11) is 1.79. The van der Waals surface area contributed by atoms with Gasteiger partial charge in [-0.3, -0.25) is 0 Å². The molecule has 0 saturated heterocycles. The van der Waals surface area contributed by atoms with Crippen molar-refractivity contribution in [2.75, 3.05) is 25.0 Å². The monoisotopic (exact) mass is 284 g/mol. The van der Waals surface area contributed by atoms with E-state index in [1.807, 2.05) is 12.1 Å². The quantitative estimate of drug-likeness (QED) is 0.924. The summed E-state index contributed by atoms with van der Waals surface area (Å²) in [5.74, 6) is 0. The molecule has 1 aliphatic rings. The van der Waals surface area contributed by atoms with E-state index < -0.39 is 6.17 Å². The third-order valence-corrected chi connectivity index (χ3v) is 4.03. The second-order valence-electron chi connectivity index (χ2n) is 5.52. The van der Waals surface area contributed by atoms with Crippen LogP contribution in [0.3, 0.4) is 0 Å². The Balaban J connectivity index is 2.02. The van der Waals surface area contributed by atoms with Crippen LogP contribution in [0.25, 0.3) is 0 Å². The van der Waals surface area contributed by atoms with E-state index in [2.05, 4.69) is 46.6 Å². The molecule has 1 atom stereocenters. The lowest BCUT2D eigenvalue weighted by molar-refractivity contribution is 0.333. The number of anilines is 2. The van der Waals surface area contributed by atoms with Gasteiger partial charge in [-0.15, -0.1) is 0 Å². The van der Waals surface area contributed by atoms with E-state index in [9.17, 15) is 4.39 Å². The summed E-state index contributed by atoms with van der Waals surface area (Å²) >= 11 is 0. The number of nitrogens with one attached hydrogen (secondary N) is 1. The molecule has 2 nitrogen and oxygen atoms in total. The molecule has 1 N–H and O–H groups in total. The number of aryl methyl sites for hydroxylation is 2. The maximum absolute atomic E-state index is 14.2. The van der Waals surface area contributed by atoms with Gasteiger partial charge in [0, 0.05) is 17.9 Å². The lowest BCUT2D eigenvalue weighted by Gasteiger charge is -2.28. The van der Waals surface area contributed by atoms with E-state index in [0.717, 1.165) is 24.2 Å². The fraction of sp³-hybridized carbons (Fsp3) is 0.333. The number of para-hydroxylation sites is 2. The lowest BCUT2D eigenvalue weighted by Crippen LogP contribution is -2.32. The highest BCUT2D eigenvalue weighted by molar-refractivity contribution is 5.71. The smallest absolute Gasteiger partial charge is 0.130 e. The fourth-order valence-corrected chi connectivity index (χ4v) is 3.05. The van der Waals surface area contributed by atoms with Crippen LogP contribution in [0.5, 0.6) is 0 Å². The first-order valence-corrected chi connectivity index (χ1v) is 7.51. The third kappa shape index (κ3) is 2.93.